The molecule has 1 aromatic heterocycles. The topological polar surface area (TPSA) is 97.1 Å². The van der Waals surface area contributed by atoms with Crippen LogP contribution in [0.1, 0.15) is 91.8 Å². The number of hydrogen-bond donors (Lipinski definition) is 1. The largest absolute Gasteiger partial charge is 0.457 e. The quantitative estimate of drug-likeness (QED) is 0.118. The van der Waals surface area contributed by atoms with Gasteiger partial charge in [0.15, 0.2) is 5.76 Å². The van der Waals surface area contributed by atoms with Crippen molar-refractivity contribution < 1.29 is 28.6 Å². The highest BCUT2D eigenvalue weighted by Gasteiger charge is 2.42. The highest BCUT2D eigenvalue weighted by atomic mass is 16.6. The number of ether oxygens (including phenoxy) is 1. The van der Waals surface area contributed by atoms with Crippen LogP contribution in [0.4, 0.5) is 4.79 Å². The van der Waals surface area contributed by atoms with Crippen LogP contribution in [0.25, 0.3) is 11.1 Å². The molecule has 1 saturated heterocycles. The highest BCUT2D eigenvalue weighted by Crippen LogP contribution is 2.33. The van der Waals surface area contributed by atoms with Gasteiger partial charge < -0.3 is 14.3 Å². The predicted molar refractivity (Wildman–Crippen MR) is 157 cm³/mol. The van der Waals surface area contributed by atoms with Crippen LogP contribution < -0.4 is 0 Å². The zero-order valence-electron chi connectivity index (χ0n) is 24.1. The molecule has 0 saturated carbocycles. The molecule has 2 amide bonds. The fraction of sp³-hybridized carbons (Fsp3) is 0.441. The Balaban J connectivity index is 1.46. The molecule has 41 heavy (non-hydrogen) atoms. The van der Waals surface area contributed by atoms with Crippen molar-refractivity contribution in [3.63, 3.8) is 0 Å². The molecule has 4 rings (SSSR count). The molecule has 1 aliphatic heterocycles. The summed E-state index contributed by atoms with van der Waals surface area (Å²) in [5.41, 5.74) is 3.71. The number of carbonyl (C=O) groups excluding carboxylic acids is 3. The lowest BCUT2D eigenvalue weighted by molar-refractivity contribution is -0.131. The van der Waals surface area contributed by atoms with Gasteiger partial charge in [-0.3, -0.25) is 9.59 Å². The lowest BCUT2D eigenvalue weighted by Crippen LogP contribution is -2.40. The predicted octanol–water partition coefficient (Wildman–Crippen LogP) is 7.45. The number of aliphatic hydroxyl groups excluding tert-OH is 1. The monoisotopic (exact) mass is 559 g/mol. The maximum absolute atomic E-state index is 13.6. The van der Waals surface area contributed by atoms with E-state index in [2.05, 4.69) is 6.07 Å². The summed E-state index contributed by atoms with van der Waals surface area (Å²) in [5.74, 6) is -1.29. The maximum atomic E-state index is 13.6. The molecule has 1 fully saturated rings. The zero-order chi connectivity index (χ0) is 29.2. The second-order valence-corrected chi connectivity index (χ2v) is 10.9. The third-order valence-electron chi connectivity index (χ3n) is 7.75. The van der Waals surface area contributed by atoms with E-state index in [1.165, 1.54) is 19.8 Å². The number of furan rings is 1. The molecule has 0 aliphatic carbocycles. The highest BCUT2D eigenvalue weighted by molar-refractivity contribution is 6.12. The Kier molecular flexibility index (Phi) is 10.9. The number of benzene rings is 2. The number of rotatable bonds is 15. The lowest BCUT2D eigenvalue weighted by atomic mass is 9.98. The Morgan fingerprint density at radius 3 is 2.29 bits per heavy atom. The number of nitrogens with zero attached hydrogens (tertiary/aromatic N) is 1. The fourth-order valence-corrected chi connectivity index (χ4v) is 5.37. The first-order valence-corrected chi connectivity index (χ1v) is 14.8. The van der Waals surface area contributed by atoms with Crippen LogP contribution in [0.2, 0.25) is 0 Å². The normalized spacial score (nSPS) is 15.6. The molecule has 0 unspecified atom stereocenters. The van der Waals surface area contributed by atoms with Gasteiger partial charge in [0.05, 0.1) is 0 Å². The van der Waals surface area contributed by atoms with E-state index in [1.807, 2.05) is 55.5 Å². The number of aliphatic hydroxyl groups is 1. The molecule has 2 heterocycles. The molecule has 7 nitrogen and oxygen atoms in total. The average molecular weight is 560 g/mol. The minimum Gasteiger partial charge on any atom is -0.457 e. The summed E-state index contributed by atoms with van der Waals surface area (Å²) >= 11 is 0. The Bertz CT molecular complexity index is 1310. The van der Waals surface area contributed by atoms with Gasteiger partial charge in [0.1, 0.15) is 24.3 Å². The summed E-state index contributed by atoms with van der Waals surface area (Å²) in [6, 6.07) is 18.5. The molecule has 2 atom stereocenters. The van der Waals surface area contributed by atoms with E-state index in [0.29, 0.717) is 6.42 Å². The van der Waals surface area contributed by atoms with Crippen LogP contribution in [-0.4, -0.2) is 41.0 Å². The maximum Gasteiger partial charge on any atom is 0.417 e. The number of unbranched alkanes of at least 4 members (excludes halogenated alkanes) is 7. The van der Waals surface area contributed by atoms with Crippen LogP contribution in [0.5, 0.6) is 0 Å². The Hall–Kier alpha value is -3.71. The Labute approximate surface area is 242 Å². The van der Waals surface area contributed by atoms with Crippen LogP contribution in [0, 0.1) is 12.8 Å². The lowest BCUT2D eigenvalue weighted by Gasteiger charge is -2.22. The van der Waals surface area contributed by atoms with Crippen LogP contribution >= 0.6 is 0 Å². The van der Waals surface area contributed by atoms with Gasteiger partial charge in [-0.15, -0.1) is 0 Å². The van der Waals surface area contributed by atoms with Gasteiger partial charge in [0.2, 0.25) is 11.7 Å². The number of carbonyl (C=O) groups is 3. The van der Waals surface area contributed by atoms with Crippen molar-refractivity contribution in [3.8, 4) is 11.1 Å². The number of ketones is 1. The molecular weight excluding hydrogens is 518 g/mol. The Morgan fingerprint density at radius 1 is 0.927 bits per heavy atom. The smallest absolute Gasteiger partial charge is 0.417 e. The summed E-state index contributed by atoms with van der Waals surface area (Å²) in [6.45, 7) is 3.87. The van der Waals surface area contributed by atoms with Crippen molar-refractivity contribution in [2.24, 2.45) is 5.92 Å². The second-order valence-electron chi connectivity index (χ2n) is 10.9. The fourth-order valence-electron chi connectivity index (χ4n) is 5.37. The first kappa shape index (κ1) is 30.3. The summed E-state index contributed by atoms with van der Waals surface area (Å²) in [5, 5.41) is 8.91. The van der Waals surface area contributed by atoms with Gasteiger partial charge in [-0.2, -0.15) is 0 Å². The average Bonchev–Trinajstić information content (AvgIpc) is 3.59. The molecule has 218 valence electrons. The third kappa shape index (κ3) is 7.73. The number of Topliss-reactive ketones (excluding diaryl/α,β-unsaturated/α-hetero) is 1. The zero-order valence-corrected chi connectivity index (χ0v) is 24.1. The first-order chi connectivity index (χ1) is 19.9. The van der Waals surface area contributed by atoms with E-state index < -0.39 is 29.7 Å². The molecule has 1 N–H and O–H groups in total. The van der Waals surface area contributed by atoms with E-state index in [1.54, 1.807) is 6.07 Å². The number of imide groups is 1. The van der Waals surface area contributed by atoms with Crippen LogP contribution in [0.15, 0.2) is 65.1 Å². The van der Waals surface area contributed by atoms with Crippen molar-refractivity contribution in [1.29, 1.82) is 0 Å². The molecule has 2 aromatic carbocycles. The van der Waals surface area contributed by atoms with E-state index in [9.17, 15) is 14.4 Å². The van der Waals surface area contributed by atoms with Gasteiger partial charge in [-0.1, -0.05) is 98.7 Å². The van der Waals surface area contributed by atoms with Crippen molar-refractivity contribution in [1.82, 2.24) is 4.90 Å². The number of amides is 2. The number of cyclic esters (lactones) is 1. The van der Waals surface area contributed by atoms with Crippen LogP contribution in [-0.2, 0) is 16.0 Å². The summed E-state index contributed by atoms with van der Waals surface area (Å²) in [6.07, 6.45) is 8.53. The van der Waals surface area contributed by atoms with Crippen molar-refractivity contribution in [2.75, 3.05) is 13.2 Å². The van der Waals surface area contributed by atoms with Crippen LogP contribution in [0.3, 0.4) is 0 Å². The number of aryl methyl sites for hydroxylation is 2. The summed E-state index contributed by atoms with van der Waals surface area (Å²) < 4.78 is 11.4. The minimum atomic E-state index is -1.11. The van der Waals surface area contributed by atoms with Gasteiger partial charge >= 0.3 is 6.09 Å². The van der Waals surface area contributed by atoms with E-state index in [-0.39, 0.29) is 19.0 Å². The first-order valence-electron chi connectivity index (χ1n) is 14.8. The van der Waals surface area contributed by atoms with E-state index in [0.717, 1.165) is 71.4 Å². The molecule has 0 bridgehead atoms. The molecule has 3 aromatic rings. The number of hydrogen-bond acceptors (Lipinski definition) is 6. The standard InChI is InChI=1S/C34H41NO6/c1-24-15-14-18-27(21-24)28-22-31(41-30(28)19-12-7-5-3-4-6-8-13-20-36)32(37)25(2)33(38)35-29(23-40-34(35)39)26-16-10-9-11-17-26/h9-11,14-18,21-22,25,29,36H,3-8,12-13,19-20,23H2,1-2H3/t25-,29+/m1/s1. The van der Waals surface area contributed by atoms with Gasteiger partial charge in [0.25, 0.3) is 0 Å². The van der Waals surface area contributed by atoms with E-state index in [4.69, 9.17) is 14.3 Å². The minimum absolute atomic E-state index is 0.0561. The van der Waals surface area contributed by atoms with Gasteiger partial charge in [0, 0.05) is 18.6 Å². The molecule has 0 spiro atoms. The van der Waals surface area contributed by atoms with Crippen molar-refractivity contribution in [2.45, 2.75) is 77.7 Å². The molecule has 7 heteroatoms. The van der Waals surface area contributed by atoms with Crippen molar-refractivity contribution in [3.05, 3.63) is 83.3 Å². The summed E-state index contributed by atoms with van der Waals surface area (Å²) in [4.78, 5) is 40.6. The molecular formula is C34H41NO6. The SMILES string of the molecule is Cc1cccc(-c2cc(C(=O)[C@@H](C)C(=O)N3C(=O)OC[C@H]3c3ccccc3)oc2CCCCCCCCCCO)c1. The third-order valence-corrected chi connectivity index (χ3v) is 7.75. The summed E-state index contributed by atoms with van der Waals surface area (Å²) in [7, 11) is 0. The van der Waals surface area contributed by atoms with Gasteiger partial charge in [-0.25, -0.2) is 9.69 Å². The molecule has 1 aliphatic rings. The molecule has 0 radical (unpaired) electrons. The van der Waals surface area contributed by atoms with Crippen molar-refractivity contribution >= 4 is 17.8 Å². The van der Waals surface area contributed by atoms with Gasteiger partial charge in [-0.05, 0) is 43.9 Å². The second kappa shape index (κ2) is 14.8. The van der Waals surface area contributed by atoms with E-state index >= 15 is 0 Å². The Morgan fingerprint density at radius 2 is 1.61 bits per heavy atom.